The van der Waals surface area contributed by atoms with Crippen LogP contribution in [0.5, 0.6) is 5.88 Å². The minimum Gasteiger partial charge on any atom is -0.417 e. The van der Waals surface area contributed by atoms with E-state index in [0.29, 0.717) is 5.69 Å². The van der Waals surface area contributed by atoms with Gasteiger partial charge in [0.25, 0.3) is 0 Å². The molecule has 0 N–H and O–H groups in total. The van der Waals surface area contributed by atoms with E-state index in [4.69, 9.17) is 0 Å². The molecule has 0 radical (unpaired) electrons. The molecule has 2 aromatic rings. The van der Waals surface area contributed by atoms with E-state index in [9.17, 15) is 8.78 Å². The number of nitrogens with zero attached hydrogens (tertiary/aromatic N) is 3. The fourth-order valence-corrected chi connectivity index (χ4v) is 1.94. The van der Waals surface area contributed by atoms with Crippen molar-refractivity contribution in [2.75, 3.05) is 0 Å². The number of halogens is 3. The number of aromatic nitrogens is 3. The molecular weight excluding hydrogens is 296 g/mol. The number of ether oxygens (including phenoxy) is 1. The number of aryl methyl sites for hydroxylation is 1. The van der Waals surface area contributed by atoms with Crippen LogP contribution in [0, 0.1) is 0 Å². The van der Waals surface area contributed by atoms with Crippen molar-refractivity contribution in [2.45, 2.75) is 6.61 Å². The van der Waals surface area contributed by atoms with Crippen molar-refractivity contribution in [3.05, 3.63) is 29.0 Å². The summed E-state index contributed by atoms with van der Waals surface area (Å²) < 4.78 is 30.5. The van der Waals surface area contributed by atoms with Crippen molar-refractivity contribution in [3.63, 3.8) is 0 Å². The fraction of sp³-hybridized carbons (Fsp3) is 0.200. The molecule has 2 rings (SSSR count). The van der Waals surface area contributed by atoms with Gasteiger partial charge in [-0.25, -0.2) is 4.98 Å². The van der Waals surface area contributed by atoms with Gasteiger partial charge in [-0.1, -0.05) is 0 Å². The lowest BCUT2D eigenvalue weighted by atomic mass is 10.2. The number of hydrogen-bond donors (Lipinski definition) is 0. The summed E-state index contributed by atoms with van der Waals surface area (Å²) in [7, 11) is 1.79. The molecule has 0 bridgehead atoms. The zero-order chi connectivity index (χ0) is 12.4. The van der Waals surface area contributed by atoms with Crippen molar-refractivity contribution in [3.8, 4) is 17.1 Å². The summed E-state index contributed by atoms with van der Waals surface area (Å²) in [5, 5.41) is 4.21. The maximum absolute atomic E-state index is 11.9. The maximum Gasteiger partial charge on any atom is 0.388 e. The Hall–Kier alpha value is -1.50. The SMILES string of the molecule is Cn1cc(Br)c(-c2ccc(OC(F)F)nc2)n1. The third-order valence-electron chi connectivity index (χ3n) is 2.00. The van der Waals surface area contributed by atoms with Gasteiger partial charge in [0, 0.05) is 31.1 Å². The van der Waals surface area contributed by atoms with Gasteiger partial charge >= 0.3 is 6.61 Å². The Balaban J connectivity index is 2.26. The van der Waals surface area contributed by atoms with Crippen molar-refractivity contribution in [2.24, 2.45) is 7.05 Å². The van der Waals surface area contributed by atoms with Crippen LogP contribution in [-0.4, -0.2) is 21.4 Å². The molecule has 0 aliphatic carbocycles. The third kappa shape index (κ3) is 2.79. The van der Waals surface area contributed by atoms with Crippen molar-refractivity contribution in [1.82, 2.24) is 14.8 Å². The highest BCUT2D eigenvalue weighted by Gasteiger charge is 2.10. The van der Waals surface area contributed by atoms with Gasteiger partial charge in [-0.05, 0) is 22.0 Å². The predicted octanol–water partition coefficient (Wildman–Crippen LogP) is 2.85. The van der Waals surface area contributed by atoms with E-state index in [1.54, 1.807) is 24.0 Å². The Labute approximate surface area is 104 Å². The van der Waals surface area contributed by atoms with Gasteiger partial charge in [0.05, 0.1) is 4.47 Å². The molecular formula is C10H8BrF2N3O. The molecule has 90 valence electrons. The molecule has 0 unspecified atom stereocenters. The van der Waals surface area contributed by atoms with E-state index in [0.717, 1.165) is 10.0 Å². The highest BCUT2D eigenvalue weighted by atomic mass is 79.9. The number of alkyl halides is 2. The quantitative estimate of drug-likeness (QED) is 0.875. The summed E-state index contributed by atoms with van der Waals surface area (Å²) in [5.41, 5.74) is 1.42. The van der Waals surface area contributed by atoms with E-state index in [1.165, 1.54) is 12.3 Å². The molecule has 0 fully saturated rings. The molecule has 17 heavy (non-hydrogen) atoms. The van der Waals surface area contributed by atoms with Gasteiger partial charge in [-0.2, -0.15) is 13.9 Å². The van der Waals surface area contributed by atoms with E-state index < -0.39 is 6.61 Å². The van der Waals surface area contributed by atoms with Gasteiger partial charge < -0.3 is 4.74 Å². The summed E-state index contributed by atoms with van der Waals surface area (Å²) in [4.78, 5) is 3.77. The second kappa shape index (κ2) is 4.79. The zero-order valence-corrected chi connectivity index (χ0v) is 10.4. The van der Waals surface area contributed by atoms with Crippen LogP contribution < -0.4 is 4.74 Å². The highest BCUT2D eigenvalue weighted by molar-refractivity contribution is 9.10. The molecule has 0 saturated heterocycles. The van der Waals surface area contributed by atoms with Crippen LogP contribution in [0.15, 0.2) is 29.0 Å². The van der Waals surface area contributed by atoms with Gasteiger partial charge in [0.1, 0.15) is 5.69 Å². The standard InChI is InChI=1S/C10H8BrF2N3O/c1-16-5-7(11)9(15-16)6-2-3-8(14-4-6)17-10(12)13/h2-5,10H,1H3. The van der Waals surface area contributed by atoms with E-state index in [1.807, 2.05) is 0 Å². The van der Waals surface area contributed by atoms with Crippen LogP contribution in [-0.2, 0) is 7.05 Å². The van der Waals surface area contributed by atoms with Crippen LogP contribution in [0.3, 0.4) is 0 Å². The third-order valence-corrected chi connectivity index (χ3v) is 2.58. The molecule has 0 aliphatic rings. The first kappa shape index (κ1) is 12.0. The minimum absolute atomic E-state index is 0.115. The molecule has 4 nitrogen and oxygen atoms in total. The predicted molar refractivity (Wildman–Crippen MR) is 60.8 cm³/mol. The lowest BCUT2D eigenvalue weighted by Gasteiger charge is -2.03. The van der Waals surface area contributed by atoms with Gasteiger partial charge in [0.2, 0.25) is 5.88 Å². The van der Waals surface area contributed by atoms with Crippen molar-refractivity contribution in [1.29, 1.82) is 0 Å². The number of rotatable bonds is 3. The first-order valence-corrected chi connectivity index (χ1v) is 5.46. The van der Waals surface area contributed by atoms with Crippen LogP contribution in [0.4, 0.5) is 8.78 Å². The molecule has 0 saturated carbocycles. The Morgan fingerprint density at radius 3 is 2.65 bits per heavy atom. The fourth-order valence-electron chi connectivity index (χ4n) is 1.34. The summed E-state index contributed by atoms with van der Waals surface area (Å²) >= 11 is 3.35. The molecule has 0 spiro atoms. The van der Waals surface area contributed by atoms with Crippen LogP contribution in [0.1, 0.15) is 0 Å². The molecule has 0 amide bonds. The Morgan fingerprint density at radius 2 is 2.18 bits per heavy atom. The van der Waals surface area contributed by atoms with Gasteiger partial charge in [-0.3, -0.25) is 4.68 Å². The summed E-state index contributed by atoms with van der Waals surface area (Å²) in [6.45, 7) is -2.87. The second-order valence-corrected chi connectivity index (χ2v) is 4.12. The number of hydrogen-bond acceptors (Lipinski definition) is 3. The lowest BCUT2D eigenvalue weighted by molar-refractivity contribution is -0.0528. The Kier molecular flexibility index (Phi) is 3.37. The van der Waals surface area contributed by atoms with Crippen molar-refractivity contribution < 1.29 is 13.5 Å². The summed E-state index contributed by atoms with van der Waals surface area (Å²) in [6, 6.07) is 3.00. The molecule has 0 atom stereocenters. The molecule has 2 aromatic heterocycles. The monoisotopic (exact) mass is 303 g/mol. The normalized spacial score (nSPS) is 10.9. The van der Waals surface area contributed by atoms with E-state index in [-0.39, 0.29) is 5.88 Å². The average molecular weight is 304 g/mol. The molecule has 7 heteroatoms. The highest BCUT2D eigenvalue weighted by Crippen LogP contribution is 2.26. The Morgan fingerprint density at radius 1 is 1.41 bits per heavy atom. The van der Waals surface area contributed by atoms with E-state index in [2.05, 4.69) is 30.7 Å². The average Bonchev–Trinajstić information content (AvgIpc) is 2.58. The smallest absolute Gasteiger partial charge is 0.388 e. The van der Waals surface area contributed by atoms with Crippen LogP contribution in [0.2, 0.25) is 0 Å². The van der Waals surface area contributed by atoms with Crippen molar-refractivity contribution >= 4 is 15.9 Å². The number of pyridine rings is 1. The molecule has 0 aliphatic heterocycles. The minimum atomic E-state index is -2.87. The summed E-state index contributed by atoms with van der Waals surface area (Å²) in [6.07, 6.45) is 3.23. The largest absolute Gasteiger partial charge is 0.417 e. The molecule has 0 aromatic carbocycles. The first-order chi connectivity index (χ1) is 8.06. The topological polar surface area (TPSA) is 39.9 Å². The van der Waals surface area contributed by atoms with Gasteiger partial charge in [-0.15, -0.1) is 0 Å². The maximum atomic E-state index is 11.9. The molecule has 2 heterocycles. The second-order valence-electron chi connectivity index (χ2n) is 3.26. The summed E-state index contributed by atoms with van der Waals surface area (Å²) in [5.74, 6) is -0.115. The Bertz CT molecular complexity index is 513. The lowest BCUT2D eigenvalue weighted by Crippen LogP contribution is -2.03. The van der Waals surface area contributed by atoms with Gasteiger partial charge in [0.15, 0.2) is 0 Å². The van der Waals surface area contributed by atoms with Crippen LogP contribution >= 0.6 is 15.9 Å². The zero-order valence-electron chi connectivity index (χ0n) is 8.77. The van der Waals surface area contributed by atoms with Crippen LogP contribution in [0.25, 0.3) is 11.3 Å². The first-order valence-electron chi connectivity index (χ1n) is 4.66. The van der Waals surface area contributed by atoms with E-state index >= 15 is 0 Å².